The van der Waals surface area contributed by atoms with Crippen molar-refractivity contribution < 1.29 is 14.2 Å². The summed E-state index contributed by atoms with van der Waals surface area (Å²) in [5, 5.41) is 0. The standard InChI is InChI=1S/C27H31NO3/c28-25-16-24(20-29-17-21-10-4-1-5-11-21)26(30-18-22-12-6-2-7-13-22)27(25)31-19-23-14-8-3-9-15-23/h1-15,24-27H,16-20,28H2/t24-,25+,26?,27?/m1/s1. The van der Waals surface area contributed by atoms with Gasteiger partial charge in [0, 0.05) is 12.0 Å². The third kappa shape index (κ3) is 6.25. The highest BCUT2D eigenvalue weighted by molar-refractivity contribution is 5.15. The second-order valence-corrected chi connectivity index (χ2v) is 8.18. The van der Waals surface area contributed by atoms with Crippen molar-refractivity contribution in [2.45, 2.75) is 44.5 Å². The third-order valence-corrected chi connectivity index (χ3v) is 5.80. The quantitative estimate of drug-likeness (QED) is 0.519. The van der Waals surface area contributed by atoms with E-state index in [4.69, 9.17) is 19.9 Å². The van der Waals surface area contributed by atoms with Gasteiger partial charge in [-0.05, 0) is 23.1 Å². The van der Waals surface area contributed by atoms with Gasteiger partial charge in [-0.1, -0.05) is 91.0 Å². The van der Waals surface area contributed by atoms with Gasteiger partial charge in [-0.3, -0.25) is 0 Å². The maximum absolute atomic E-state index is 6.52. The zero-order valence-electron chi connectivity index (χ0n) is 17.8. The smallest absolute Gasteiger partial charge is 0.0995 e. The van der Waals surface area contributed by atoms with E-state index in [-0.39, 0.29) is 24.2 Å². The molecule has 162 valence electrons. The molecule has 2 unspecified atom stereocenters. The van der Waals surface area contributed by atoms with Crippen molar-refractivity contribution in [2.24, 2.45) is 11.7 Å². The minimum Gasteiger partial charge on any atom is -0.376 e. The largest absolute Gasteiger partial charge is 0.376 e. The molecule has 4 heteroatoms. The van der Waals surface area contributed by atoms with Gasteiger partial charge in [0.2, 0.25) is 0 Å². The van der Waals surface area contributed by atoms with Crippen molar-refractivity contribution in [3.05, 3.63) is 108 Å². The lowest BCUT2D eigenvalue weighted by atomic mass is 10.1. The van der Waals surface area contributed by atoms with E-state index < -0.39 is 0 Å². The van der Waals surface area contributed by atoms with Crippen molar-refractivity contribution in [1.29, 1.82) is 0 Å². The molecule has 1 aliphatic rings. The molecule has 2 N–H and O–H groups in total. The molecule has 4 atom stereocenters. The van der Waals surface area contributed by atoms with E-state index >= 15 is 0 Å². The van der Waals surface area contributed by atoms with Crippen LogP contribution in [0.4, 0.5) is 0 Å². The highest BCUT2D eigenvalue weighted by atomic mass is 16.5. The van der Waals surface area contributed by atoms with Gasteiger partial charge in [0.05, 0.1) is 38.6 Å². The van der Waals surface area contributed by atoms with E-state index in [1.807, 2.05) is 54.6 Å². The Morgan fingerprint density at radius 1 is 0.613 bits per heavy atom. The Kier molecular flexibility index (Phi) is 7.86. The lowest BCUT2D eigenvalue weighted by Gasteiger charge is -2.26. The molecule has 0 bridgehead atoms. The molecule has 1 aliphatic carbocycles. The van der Waals surface area contributed by atoms with Crippen molar-refractivity contribution in [2.75, 3.05) is 6.61 Å². The Balaban J connectivity index is 1.39. The minimum atomic E-state index is -0.158. The fourth-order valence-electron chi connectivity index (χ4n) is 4.18. The summed E-state index contributed by atoms with van der Waals surface area (Å²) in [5.74, 6) is 0.197. The van der Waals surface area contributed by atoms with Gasteiger partial charge in [0.15, 0.2) is 0 Å². The summed E-state index contributed by atoms with van der Waals surface area (Å²) < 4.78 is 18.7. The first kappa shape index (κ1) is 21.7. The Bertz CT molecular complexity index is 888. The molecule has 0 amide bonds. The molecule has 3 aromatic carbocycles. The summed E-state index contributed by atoms with van der Waals surface area (Å²) in [4.78, 5) is 0. The van der Waals surface area contributed by atoms with Gasteiger partial charge >= 0.3 is 0 Å². The molecule has 4 rings (SSSR count). The molecule has 0 saturated heterocycles. The van der Waals surface area contributed by atoms with Crippen molar-refractivity contribution >= 4 is 0 Å². The van der Waals surface area contributed by atoms with Gasteiger partial charge < -0.3 is 19.9 Å². The van der Waals surface area contributed by atoms with Crippen LogP contribution in [0.15, 0.2) is 91.0 Å². The number of hydrogen-bond acceptors (Lipinski definition) is 4. The normalized spacial score (nSPS) is 23.1. The average Bonchev–Trinajstić information content (AvgIpc) is 3.12. The molecular formula is C27H31NO3. The molecule has 0 radical (unpaired) electrons. The molecule has 1 saturated carbocycles. The summed E-state index contributed by atoms with van der Waals surface area (Å²) in [7, 11) is 0. The molecule has 0 aromatic heterocycles. The van der Waals surface area contributed by atoms with Gasteiger partial charge in [-0.2, -0.15) is 0 Å². The van der Waals surface area contributed by atoms with Crippen molar-refractivity contribution in [1.82, 2.24) is 0 Å². The number of benzene rings is 3. The molecule has 0 heterocycles. The van der Waals surface area contributed by atoms with Crippen LogP contribution in [-0.2, 0) is 34.0 Å². The number of rotatable bonds is 10. The first-order chi connectivity index (χ1) is 15.3. The second-order valence-electron chi connectivity index (χ2n) is 8.18. The summed E-state index contributed by atoms with van der Waals surface area (Å²) in [6.45, 7) is 2.27. The van der Waals surface area contributed by atoms with Crippen LogP contribution < -0.4 is 5.73 Å². The lowest BCUT2D eigenvalue weighted by Crippen LogP contribution is -2.40. The fraction of sp³-hybridized carbons (Fsp3) is 0.333. The summed E-state index contributed by atoms with van der Waals surface area (Å²) in [6.07, 6.45) is 0.567. The Hall–Kier alpha value is -2.50. The van der Waals surface area contributed by atoms with Crippen LogP contribution in [-0.4, -0.2) is 24.9 Å². The van der Waals surface area contributed by atoms with Crippen LogP contribution in [0.5, 0.6) is 0 Å². The van der Waals surface area contributed by atoms with Gasteiger partial charge in [-0.15, -0.1) is 0 Å². The fourth-order valence-corrected chi connectivity index (χ4v) is 4.18. The van der Waals surface area contributed by atoms with E-state index in [1.54, 1.807) is 0 Å². The first-order valence-corrected chi connectivity index (χ1v) is 11.0. The van der Waals surface area contributed by atoms with E-state index in [0.29, 0.717) is 26.4 Å². The van der Waals surface area contributed by atoms with E-state index in [0.717, 1.165) is 17.5 Å². The Morgan fingerprint density at radius 2 is 1.06 bits per heavy atom. The van der Waals surface area contributed by atoms with E-state index in [9.17, 15) is 0 Å². The Labute approximate surface area is 185 Å². The van der Waals surface area contributed by atoms with Crippen LogP contribution in [0.3, 0.4) is 0 Å². The molecule has 4 nitrogen and oxygen atoms in total. The molecule has 0 spiro atoms. The highest BCUT2D eigenvalue weighted by Gasteiger charge is 2.43. The summed E-state index contributed by atoms with van der Waals surface area (Å²) >= 11 is 0. The zero-order chi connectivity index (χ0) is 21.3. The number of hydrogen-bond donors (Lipinski definition) is 1. The second kappa shape index (κ2) is 11.2. The number of ether oxygens (including phenoxy) is 3. The number of nitrogens with two attached hydrogens (primary N) is 1. The predicted molar refractivity (Wildman–Crippen MR) is 122 cm³/mol. The van der Waals surface area contributed by atoms with Crippen LogP contribution in [0.2, 0.25) is 0 Å². The summed E-state index contributed by atoms with van der Waals surface area (Å²) in [6, 6.07) is 30.6. The highest BCUT2D eigenvalue weighted by Crippen LogP contribution is 2.32. The van der Waals surface area contributed by atoms with E-state index in [1.165, 1.54) is 5.56 Å². The van der Waals surface area contributed by atoms with Gasteiger partial charge in [0.1, 0.15) is 0 Å². The maximum atomic E-state index is 6.52. The molecule has 1 fully saturated rings. The lowest BCUT2D eigenvalue weighted by molar-refractivity contribution is -0.0976. The van der Waals surface area contributed by atoms with Crippen LogP contribution in [0.25, 0.3) is 0 Å². The Morgan fingerprint density at radius 3 is 1.58 bits per heavy atom. The van der Waals surface area contributed by atoms with Gasteiger partial charge in [0.25, 0.3) is 0 Å². The average molecular weight is 418 g/mol. The van der Waals surface area contributed by atoms with Crippen LogP contribution in [0, 0.1) is 5.92 Å². The molecule has 3 aromatic rings. The van der Waals surface area contributed by atoms with Crippen molar-refractivity contribution in [3.8, 4) is 0 Å². The van der Waals surface area contributed by atoms with Crippen LogP contribution >= 0.6 is 0 Å². The molecular weight excluding hydrogens is 386 g/mol. The SMILES string of the molecule is N[C@H]1C[C@H](COCc2ccccc2)C(OCc2ccccc2)C1OCc1ccccc1. The van der Waals surface area contributed by atoms with Crippen molar-refractivity contribution in [3.63, 3.8) is 0 Å². The zero-order valence-corrected chi connectivity index (χ0v) is 17.8. The molecule has 31 heavy (non-hydrogen) atoms. The summed E-state index contributed by atoms with van der Waals surface area (Å²) in [5.41, 5.74) is 9.97. The maximum Gasteiger partial charge on any atom is 0.0995 e. The third-order valence-electron chi connectivity index (χ3n) is 5.80. The molecule has 0 aliphatic heterocycles. The predicted octanol–water partition coefficient (Wildman–Crippen LogP) is 4.72. The topological polar surface area (TPSA) is 53.7 Å². The van der Waals surface area contributed by atoms with Gasteiger partial charge in [-0.25, -0.2) is 0 Å². The monoisotopic (exact) mass is 417 g/mol. The van der Waals surface area contributed by atoms with E-state index in [2.05, 4.69) is 36.4 Å². The first-order valence-electron chi connectivity index (χ1n) is 11.0. The van der Waals surface area contributed by atoms with Crippen LogP contribution in [0.1, 0.15) is 23.1 Å². The minimum absolute atomic E-state index is 0.0742.